The van der Waals surface area contributed by atoms with Gasteiger partial charge in [0.25, 0.3) is 5.91 Å². The Hall–Kier alpha value is -1.63. The smallest absolute Gasteiger partial charge is 0.254 e. The summed E-state index contributed by atoms with van der Waals surface area (Å²) in [6.45, 7) is 3.26. The highest BCUT2D eigenvalue weighted by molar-refractivity contribution is 6.06. The standard InChI is InChI=1S/C18H29N5O2/c19-17-20-16(25)18(21-17)7-10-22(11-8-18)15(24)13-4-3-9-23(12-13)14-5-1-2-6-14/h13-14H,1-12H2,(H3,19,20,21,25)/t13-/m0/s1. The first-order chi connectivity index (χ1) is 12.1. The molecule has 25 heavy (non-hydrogen) atoms. The van der Waals surface area contributed by atoms with E-state index in [1.165, 1.54) is 25.7 Å². The molecule has 138 valence electrons. The topological polar surface area (TPSA) is 91.0 Å². The Balaban J connectivity index is 1.35. The Bertz CT molecular complexity index is 576. The fourth-order valence-corrected chi connectivity index (χ4v) is 5.05. The zero-order chi connectivity index (χ0) is 17.4. The molecule has 0 aromatic carbocycles. The van der Waals surface area contributed by atoms with E-state index in [1.807, 2.05) is 4.90 Å². The minimum absolute atomic E-state index is 0.109. The molecule has 0 bridgehead atoms. The molecule has 7 nitrogen and oxygen atoms in total. The number of aliphatic imine (C=N–C) groups is 1. The molecular formula is C18H29N5O2. The van der Waals surface area contributed by atoms with E-state index in [9.17, 15) is 9.59 Å². The van der Waals surface area contributed by atoms with E-state index in [4.69, 9.17) is 5.73 Å². The number of amides is 2. The van der Waals surface area contributed by atoms with E-state index >= 15 is 0 Å². The molecule has 3 N–H and O–H groups in total. The second-order valence-corrected chi connectivity index (χ2v) is 8.08. The molecule has 3 aliphatic heterocycles. The lowest BCUT2D eigenvalue weighted by molar-refractivity contribution is -0.141. The molecule has 1 spiro atoms. The van der Waals surface area contributed by atoms with Crippen molar-refractivity contribution in [1.29, 1.82) is 0 Å². The Morgan fingerprint density at radius 2 is 1.84 bits per heavy atom. The average molecular weight is 347 g/mol. The Kier molecular flexibility index (Phi) is 4.43. The van der Waals surface area contributed by atoms with Crippen LogP contribution in [0.2, 0.25) is 0 Å². The quantitative estimate of drug-likeness (QED) is 0.759. The lowest BCUT2D eigenvalue weighted by Gasteiger charge is -2.40. The molecule has 0 radical (unpaired) electrons. The highest BCUT2D eigenvalue weighted by Gasteiger charge is 2.46. The molecule has 2 amide bonds. The van der Waals surface area contributed by atoms with Gasteiger partial charge in [0.2, 0.25) is 5.91 Å². The molecule has 1 atom stereocenters. The van der Waals surface area contributed by atoms with Gasteiger partial charge in [0.1, 0.15) is 5.54 Å². The molecule has 7 heteroatoms. The number of hydrogen-bond donors (Lipinski definition) is 2. The Labute approximate surface area is 149 Å². The maximum absolute atomic E-state index is 13.0. The number of likely N-dealkylation sites (tertiary alicyclic amines) is 2. The normalized spacial score (nSPS) is 30.6. The van der Waals surface area contributed by atoms with Crippen LogP contribution in [-0.2, 0) is 9.59 Å². The monoisotopic (exact) mass is 347 g/mol. The van der Waals surface area contributed by atoms with Gasteiger partial charge in [0.05, 0.1) is 5.92 Å². The number of nitrogens with zero attached hydrogens (tertiary/aromatic N) is 3. The number of carbonyl (C=O) groups is 2. The minimum atomic E-state index is -0.733. The van der Waals surface area contributed by atoms with Crippen molar-refractivity contribution >= 4 is 17.8 Å². The maximum atomic E-state index is 13.0. The van der Waals surface area contributed by atoms with Crippen molar-refractivity contribution in [2.45, 2.75) is 62.9 Å². The van der Waals surface area contributed by atoms with Crippen molar-refractivity contribution in [3.8, 4) is 0 Å². The second kappa shape index (κ2) is 6.59. The van der Waals surface area contributed by atoms with Crippen LogP contribution in [0.1, 0.15) is 51.4 Å². The van der Waals surface area contributed by atoms with E-state index in [2.05, 4.69) is 15.2 Å². The number of rotatable bonds is 2. The van der Waals surface area contributed by atoms with Crippen LogP contribution in [0, 0.1) is 5.92 Å². The van der Waals surface area contributed by atoms with Crippen molar-refractivity contribution in [3.63, 3.8) is 0 Å². The van der Waals surface area contributed by atoms with Crippen LogP contribution < -0.4 is 11.1 Å². The molecule has 2 saturated heterocycles. The van der Waals surface area contributed by atoms with Crippen molar-refractivity contribution in [1.82, 2.24) is 15.1 Å². The van der Waals surface area contributed by atoms with Gasteiger partial charge in [0, 0.05) is 25.7 Å². The van der Waals surface area contributed by atoms with Crippen molar-refractivity contribution < 1.29 is 9.59 Å². The number of nitrogens with one attached hydrogen (secondary N) is 1. The molecule has 4 rings (SSSR count). The van der Waals surface area contributed by atoms with Gasteiger partial charge in [-0.15, -0.1) is 0 Å². The third-order valence-corrected chi connectivity index (χ3v) is 6.54. The third kappa shape index (κ3) is 3.14. The molecule has 0 aromatic rings. The van der Waals surface area contributed by atoms with Crippen LogP contribution in [0.25, 0.3) is 0 Å². The summed E-state index contributed by atoms with van der Waals surface area (Å²) in [7, 11) is 0. The predicted octanol–water partition coefficient (Wildman–Crippen LogP) is 0.447. The summed E-state index contributed by atoms with van der Waals surface area (Å²) in [5.41, 5.74) is 4.92. The molecule has 1 aliphatic carbocycles. The van der Waals surface area contributed by atoms with Gasteiger partial charge in [-0.3, -0.25) is 19.8 Å². The zero-order valence-electron chi connectivity index (χ0n) is 14.9. The summed E-state index contributed by atoms with van der Waals surface area (Å²) >= 11 is 0. The largest absolute Gasteiger partial charge is 0.370 e. The van der Waals surface area contributed by atoms with Gasteiger partial charge in [-0.25, -0.2) is 4.99 Å². The van der Waals surface area contributed by atoms with Crippen molar-refractivity contribution in [2.24, 2.45) is 16.6 Å². The summed E-state index contributed by atoms with van der Waals surface area (Å²) in [6, 6.07) is 0.694. The lowest BCUT2D eigenvalue weighted by Crippen LogP contribution is -2.53. The first-order valence-corrected chi connectivity index (χ1v) is 9.77. The first-order valence-electron chi connectivity index (χ1n) is 9.77. The first kappa shape index (κ1) is 16.8. The summed E-state index contributed by atoms with van der Waals surface area (Å²) in [6.07, 6.45) is 8.51. The highest BCUT2D eigenvalue weighted by Crippen LogP contribution is 2.32. The van der Waals surface area contributed by atoms with E-state index in [1.54, 1.807) is 0 Å². The fourth-order valence-electron chi connectivity index (χ4n) is 5.05. The minimum Gasteiger partial charge on any atom is -0.370 e. The number of carbonyl (C=O) groups excluding carboxylic acids is 2. The average Bonchev–Trinajstić information content (AvgIpc) is 3.24. The van der Waals surface area contributed by atoms with Gasteiger partial charge >= 0.3 is 0 Å². The molecule has 3 fully saturated rings. The van der Waals surface area contributed by atoms with Crippen molar-refractivity contribution in [2.75, 3.05) is 26.2 Å². The number of piperidine rings is 2. The van der Waals surface area contributed by atoms with Crippen LogP contribution in [0.4, 0.5) is 0 Å². The summed E-state index contributed by atoms with van der Waals surface area (Å²) in [5, 5.41) is 2.60. The third-order valence-electron chi connectivity index (χ3n) is 6.54. The molecule has 3 heterocycles. The van der Waals surface area contributed by atoms with Gasteiger partial charge in [-0.1, -0.05) is 12.8 Å². The van der Waals surface area contributed by atoms with E-state index in [-0.39, 0.29) is 23.7 Å². The fraction of sp³-hybridized carbons (Fsp3) is 0.833. The maximum Gasteiger partial charge on any atom is 0.254 e. The number of guanidine groups is 1. The Morgan fingerprint density at radius 1 is 1.12 bits per heavy atom. The lowest BCUT2D eigenvalue weighted by atomic mass is 9.86. The zero-order valence-corrected chi connectivity index (χ0v) is 14.9. The molecule has 0 unspecified atom stereocenters. The highest BCUT2D eigenvalue weighted by atomic mass is 16.2. The van der Waals surface area contributed by atoms with E-state index < -0.39 is 5.54 Å². The number of hydrogen-bond acceptors (Lipinski definition) is 5. The van der Waals surface area contributed by atoms with Crippen LogP contribution in [0.3, 0.4) is 0 Å². The van der Waals surface area contributed by atoms with Crippen LogP contribution in [0.5, 0.6) is 0 Å². The molecule has 1 saturated carbocycles. The van der Waals surface area contributed by atoms with Crippen LogP contribution in [0.15, 0.2) is 4.99 Å². The summed E-state index contributed by atoms with van der Waals surface area (Å²) in [4.78, 5) is 33.9. The number of nitrogens with two attached hydrogens (primary N) is 1. The molecule has 4 aliphatic rings. The second-order valence-electron chi connectivity index (χ2n) is 8.08. The molecule has 0 aromatic heterocycles. The summed E-state index contributed by atoms with van der Waals surface area (Å²) in [5.74, 6) is 0.494. The van der Waals surface area contributed by atoms with E-state index in [0.29, 0.717) is 32.0 Å². The van der Waals surface area contributed by atoms with Crippen LogP contribution >= 0.6 is 0 Å². The molecular weight excluding hydrogens is 318 g/mol. The summed E-state index contributed by atoms with van der Waals surface area (Å²) < 4.78 is 0. The van der Waals surface area contributed by atoms with Crippen LogP contribution in [-0.4, -0.2) is 65.3 Å². The van der Waals surface area contributed by atoms with Gasteiger partial charge in [-0.05, 0) is 45.1 Å². The Morgan fingerprint density at radius 3 is 2.48 bits per heavy atom. The van der Waals surface area contributed by atoms with E-state index in [0.717, 1.165) is 25.9 Å². The van der Waals surface area contributed by atoms with Gasteiger partial charge in [-0.2, -0.15) is 0 Å². The van der Waals surface area contributed by atoms with Gasteiger partial charge < -0.3 is 10.6 Å². The predicted molar refractivity (Wildman–Crippen MR) is 94.9 cm³/mol. The van der Waals surface area contributed by atoms with Gasteiger partial charge in [0.15, 0.2) is 5.96 Å². The van der Waals surface area contributed by atoms with Crippen molar-refractivity contribution in [3.05, 3.63) is 0 Å². The SMILES string of the molecule is NC1=NC2(CCN(C(=O)[C@H]3CCCN(C4CCCC4)C3)CC2)C(=O)N1.